The minimum atomic E-state index is 0.654. The van der Waals surface area contributed by atoms with Crippen molar-refractivity contribution in [2.75, 3.05) is 39.8 Å². The molecule has 2 aliphatic heterocycles. The number of aromatic amines is 1. The van der Waals surface area contributed by atoms with Crippen molar-refractivity contribution in [1.82, 2.24) is 19.8 Å². The van der Waals surface area contributed by atoms with Gasteiger partial charge in [-0.2, -0.15) is 0 Å². The average molecular weight is 475 g/mol. The molecule has 0 saturated carbocycles. The summed E-state index contributed by atoms with van der Waals surface area (Å²) < 4.78 is 5.36. The van der Waals surface area contributed by atoms with Crippen LogP contribution in [0.3, 0.4) is 0 Å². The summed E-state index contributed by atoms with van der Waals surface area (Å²) >= 11 is 0. The van der Waals surface area contributed by atoms with Gasteiger partial charge in [-0.05, 0) is 99.4 Å². The van der Waals surface area contributed by atoms with Gasteiger partial charge in [0.2, 0.25) is 5.88 Å². The molecular formula is C30H42N4O. The molecule has 0 unspecified atom stereocenters. The van der Waals surface area contributed by atoms with Crippen molar-refractivity contribution in [2.45, 2.75) is 64.8 Å². The summed E-state index contributed by atoms with van der Waals surface area (Å²) in [6.45, 7) is 13.2. The Bertz CT molecular complexity index is 1120. The molecule has 0 atom stereocenters. The number of methoxy groups -OCH3 is 1. The van der Waals surface area contributed by atoms with Crippen LogP contribution in [0.25, 0.3) is 22.2 Å². The molecule has 0 bridgehead atoms. The van der Waals surface area contributed by atoms with E-state index in [2.05, 4.69) is 64.8 Å². The fraction of sp³-hybridized carbons (Fsp3) is 0.567. The predicted octanol–water partition coefficient (Wildman–Crippen LogP) is 6.10. The highest BCUT2D eigenvalue weighted by Crippen LogP contribution is 2.36. The minimum Gasteiger partial charge on any atom is -0.481 e. The van der Waals surface area contributed by atoms with Crippen LogP contribution in [-0.2, 0) is 6.42 Å². The highest BCUT2D eigenvalue weighted by Gasteiger charge is 2.29. The number of aromatic nitrogens is 2. The maximum Gasteiger partial charge on any atom is 0.213 e. The van der Waals surface area contributed by atoms with Crippen LogP contribution in [0.4, 0.5) is 0 Å². The lowest BCUT2D eigenvalue weighted by molar-refractivity contribution is 0.0828. The number of H-pyrrole nitrogens is 1. The predicted molar refractivity (Wildman–Crippen MR) is 145 cm³/mol. The molecule has 35 heavy (non-hydrogen) atoms. The third-order valence-electron chi connectivity index (χ3n) is 8.21. The topological polar surface area (TPSA) is 44.4 Å². The quantitative estimate of drug-likeness (QED) is 0.449. The van der Waals surface area contributed by atoms with Gasteiger partial charge in [0, 0.05) is 47.0 Å². The second-order valence-electron chi connectivity index (χ2n) is 11.0. The third-order valence-corrected chi connectivity index (χ3v) is 8.21. The summed E-state index contributed by atoms with van der Waals surface area (Å²) in [7, 11) is 1.67. The van der Waals surface area contributed by atoms with Gasteiger partial charge >= 0.3 is 0 Å². The second kappa shape index (κ2) is 10.7. The summed E-state index contributed by atoms with van der Waals surface area (Å²) in [5.41, 5.74) is 6.46. The van der Waals surface area contributed by atoms with Gasteiger partial charge in [0.15, 0.2) is 0 Å². The molecule has 2 saturated heterocycles. The third kappa shape index (κ3) is 5.26. The zero-order chi connectivity index (χ0) is 24.4. The van der Waals surface area contributed by atoms with E-state index < -0.39 is 0 Å². The molecule has 3 aromatic rings. The van der Waals surface area contributed by atoms with E-state index in [0.29, 0.717) is 11.8 Å². The zero-order valence-electron chi connectivity index (χ0n) is 22.0. The largest absolute Gasteiger partial charge is 0.481 e. The molecule has 5 nitrogen and oxygen atoms in total. The number of nitrogens with zero attached hydrogens (tertiary/aromatic N) is 3. The van der Waals surface area contributed by atoms with Crippen molar-refractivity contribution in [3.05, 3.63) is 47.7 Å². The van der Waals surface area contributed by atoms with Crippen LogP contribution in [0.5, 0.6) is 5.88 Å². The molecule has 0 radical (unpaired) electrons. The highest BCUT2D eigenvalue weighted by molar-refractivity contribution is 5.91. The van der Waals surface area contributed by atoms with Crippen molar-refractivity contribution in [1.29, 1.82) is 0 Å². The van der Waals surface area contributed by atoms with Gasteiger partial charge in [0.25, 0.3) is 0 Å². The highest BCUT2D eigenvalue weighted by atomic mass is 16.5. The van der Waals surface area contributed by atoms with E-state index in [1.807, 2.05) is 12.3 Å². The Morgan fingerprint density at radius 2 is 1.80 bits per heavy atom. The van der Waals surface area contributed by atoms with Crippen LogP contribution < -0.4 is 4.74 Å². The lowest BCUT2D eigenvalue weighted by atomic mass is 9.87. The minimum absolute atomic E-state index is 0.654. The van der Waals surface area contributed by atoms with Gasteiger partial charge in [0.1, 0.15) is 0 Å². The molecule has 0 spiro atoms. The normalized spacial score (nSPS) is 19.1. The van der Waals surface area contributed by atoms with E-state index in [1.165, 1.54) is 86.1 Å². The number of likely N-dealkylation sites (tertiary alicyclic amines) is 2. The van der Waals surface area contributed by atoms with Crippen LogP contribution in [0.1, 0.15) is 63.5 Å². The Hall–Kier alpha value is -2.37. The molecule has 1 aromatic carbocycles. The molecular weight excluding hydrogens is 432 g/mol. The fourth-order valence-corrected chi connectivity index (χ4v) is 6.39. The number of fused-ring (bicyclic) bond motifs is 1. The van der Waals surface area contributed by atoms with Crippen molar-refractivity contribution >= 4 is 10.9 Å². The summed E-state index contributed by atoms with van der Waals surface area (Å²) in [5.74, 6) is 2.10. The number of nitrogens with one attached hydrogen (secondary N) is 1. The van der Waals surface area contributed by atoms with Gasteiger partial charge in [-0.25, -0.2) is 4.98 Å². The lowest BCUT2D eigenvalue weighted by Crippen LogP contribution is -2.48. The van der Waals surface area contributed by atoms with E-state index in [9.17, 15) is 0 Å². The number of rotatable bonds is 7. The first-order chi connectivity index (χ1) is 17.1. The summed E-state index contributed by atoms with van der Waals surface area (Å²) in [5, 5.41) is 1.37. The summed E-state index contributed by atoms with van der Waals surface area (Å²) in [4.78, 5) is 13.4. The number of hydrogen-bond acceptors (Lipinski definition) is 4. The Labute approximate surface area is 210 Å². The van der Waals surface area contributed by atoms with Gasteiger partial charge < -0.3 is 19.5 Å². The van der Waals surface area contributed by atoms with Crippen molar-refractivity contribution in [3.8, 4) is 17.1 Å². The molecule has 2 fully saturated rings. The van der Waals surface area contributed by atoms with E-state index in [-0.39, 0.29) is 0 Å². The van der Waals surface area contributed by atoms with E-state index in [4.69, 9.17) is 4.74 Å². The summed E-state index contributed by atoms with van der Waals surface area (Å²) in [6.07, 6.45) is 8.06. The maximum absolute atomic E-state index is 5.36. The molecule has 1 N–H and O–H groups in total. The molecule has 5 heteroatoms. The first kappa shape index (κ1) is 24.3. The smallest absolute Gasteiger partial charge is 0.213 e. The van der Waals surface area contributed by atoms with Crippen LogP contribution >= 0.6 is 0 Å². The first-order valence-corrected chi connectivity index (χ1v) is 13.7. The van der Waals surface area contributed by atoms with E-state index in [1.54, 1.807) is 7.11 Å². The zero-order valence-corrected chi connectivity index (χ0v) is 22.0. The van der Waals surface area contributed by atoms with Gasteiger partial charge in [0.05, 0.1) is 7.11 Å². The molecule has 5 rings (SSSR count). The average Bonchev–Trinajstić information content (AvgIpc) is 3.27. The van der Waals surface area contributed by atoms with Crippen LogP contribution in [-0.4, -0.2) is 65.6 Å². The number of benzene rings is 1. The molecule has 4 heterocycles. The molecule has 2 aromatic heterocycles. The van der Waals surface area contributed by atoms with E-state index >= 15 is 0 Å². The number of piperidine rings is 2. The van der Waals surface area contributed by atoms with Crippen molar-refractivity contribution in [3.63, 3.8) is 0 Å². The maximum atomic E-state index is 5.36. The van der Waals surface area contributed by atoms with Crippen molar-refractivity contribution < 1.29 is 4.74 Å². The SMILES string of the molecule is CCc1c(-c2ccnc(OC)c2)[nH]c2ccc(C3CCN(C4CCN(CC(C)C)CC4)CC3)cc12. The summed E-state index contributed by atoms with van der Waals surface area (Å²) in [6, 6.07) is 12.0. The first-order valence-electron chi connectivity index (χ1n) is 13.7. The van der Waals surface area contributed by atoms with Gasteiger partial charge in [-0.15, -0.1) is 0 Å². The lowest BCUT2D eigenvalue weighted by Gasteiger charge is -2.42. The Morgan fingerprint density at radius 1 is 1.03 bits per heavy atom. The second-order valence-corrected chi connectivity index (χ2v) is 11.0. The number of aryl methyl sites for hydroxylation is 1. The Balaban J connectivity index is 1.27. The Kier molecular flexibility index (Phi) is 7.45. The van der Waals surface area contributed by atoms with Crippen LogP contribution in [0.15, 0.2) is 36.5 Å². The van der Waals surface area contributed by atoms with Gasteiger partial charge in [-0.3, -0.25) is 0 Å². The molecule has 2 aliphatic rings. The monoisotopic (exact) mass is 474 g/mol. The van der Waals surface area contributed by atoms with Gasteiger partial charge in [-0.1, -0.05) is 26.8 Å². The molecule has 188 valence electrons. The fourth-order valence-electron chi connectivity index (χ4n) is 6.39. The van der Waals surface area contributed by atoms with Crippen LogP contribution in [0, 0.1) is 5.92 Å². The molecule has 0 aliphatic carbocycles. The van der Waals surface area contributed by atoms with Crippen molar-refractivity contribution in [2.24, 2.45) is 5.92 Å². The van der Waals surface area contributed by atoms with Crippen LogP contribution in [0.2, 0.25) is 0 Å². The van der Waals surface area contributed by atoms with E-state index in [0.717, 1.165) is 23.9 Å². The number of pyridine rings is 1. The number of hydrogen-bond donors (Lipinski definition) is 1. The standard InChI is InChI=1S/C30H42N4O/c1-5-26-27-18-23(6-7-28(27)32-30(26)24-8-13-31-29(19-24)35-4)22-9-16-34(17-10-22)25-11-14-33(15-12-25)20-21(2)3/h6-8,13,18-19,21-22,25,32H,5,9-12,14-17,20H2,1-4H3. The molecule has 0 amide bonds. The number of ether oxygens (including phenoxy) is 1. The Morgan fingerprint density at radius 3 is 2.49 bits per heavy atom.